The predicted molar refractivity (Wildman–Crippen MR) is 190 cm³/mol. The number of furan rings is 1. The molecule has 0 bridgehead atoms. The quantitative estimate of drug-likeness (QED) is 0.175. The Bertz CT molecular complexity index is 2270. The average Bonchev–Trinajstić information content (AvgIpc) is 3.70. The Kier molecular flexibility index (Phi) is 5.32. The largest absolute Gasteiger partial charge is 0.455 e. The van der Waals surface area contributed by atoms with Crippen LogP contribution in [0.1, 0.15) is 65.5 Å². The molecule has 0 amide bonds. The zero-order valence-corrected chi connectivity index (χ0v) is 27.9. The lowest BCUT2D eigenvalue weighted by molar-refractivity contribution is 0.604. The molecule has 1 nitrogen and oxygen atoms in total. The van der Waals surface area contributed by atoms with Gasteiger partial charge in [-0.2, -0.15) is 0 Å². The number of fused-ring (bicyclic) bond motifs is 16. The maximum Gasteiger partial charge on any atom is 0.144 e. The maximum absolute atomic E-state index is 6.88. The molecule has 0 atom stereocenters. The summed E-state index contributed by atoms with van der Waals surface area (Å²) < 4.78 is 9.06. The first-order valence-corrected chi connectivity index (χ1v) is 16.7. The van der Waals surface area contributed by atoms with Crippen LogP contribution < -0.4 is 0 Å². The molecule has 0 fully saturated rings. The molecule has 0 unspecified atom stereocenters. The van der Waals surface area contributed by atoms with Gasteiger partial charge in [0, 0.05) is 30.9 Å². The highest BCUT2D eigenvalue weighted by atomic mass is 79.9. The Balaban J connectivity index is 1.58. The summed E-state index contributed by atoms with van der Waals surface area (Å²) in [5, 5.41) is 1.08. The van der Waals surface area contributed by atoms with Crippen molar-refractivity contribution >= 4 is 55.0 Å². The summed E-state index contributed by atoms with van der Waals surface area (Å²) in [6.45, 7) is 10.9. The highest BCUT2D eigenvalue weighted by Gasteiger charge is 2.55. The Morgan fingerprint density at radius 2 is 1.25 bits per heavy atom. The SMILES string of the molecule is C=Cc1oc2c3c(cc(Br)c2c1/C=C\C)C1(c2ccccc2-c2ccccc21)c1cc(Br)c2c(c1-3)-c1ccccc1C2(C)C. The van der Waals surface area contributed by atoms with Crippen LogP contribution in [0.3, 0.4) is 0 Å². The molecule has 0 N–H and O–H groups in total. The fourth-order valence-corrected chi connectivity index (χ4v) is 10.3. The van der Waals surface area contributed by atoms with Crippen molar-refractivity contribution in [3.05, 3.63) is 151 Å². The van der Waals surface area contributed by atoms with Crippen molar-refractivity contribution in [3.8, 4) is 33.4 Å². The molecular weight excluding hydrogens is 668 g/mol. The van der Waals surface area contributed by atoms with Crippen LogP contribution in [0.25, 0.3) is 56.5 Å². The molecule has 1 aromatic heterocycles. The van der Waals surface area contributed by atoms with E-state index in [-0.39, 0.29) is 5.41 Å². The third kappa shape index (κ3) is 2.91. The zero-order chi connectivity index (χ0) is 30.1. The van der Waals surface area contributed by atoms with Gasteiger partial charge in [-0.25, -0.2) is 0 Å². The number of hydrogen-bond donors (Lipinski definition) is 0. The second-order valence-electron chi connectivity index (χ2n) is 12.6. The normalized spacial score (nSPS) is 15.8. The fourth-order valence-electron chi connectivity index (χ4n) is 8.72. The highest BCUT2D eigenvalue weighted by molar-refractivity contribution is 9.11. The van der Waals surface area contributed by atoms with Gasteiger partial charge in [0.2, 0.25) is 0 Å². The van der Waals surface area contributed by atoms with Crippen LogP contribution in [0.5, 0.6) is 0 Å². The van der Waals surface area contributed by atoms with Crippen LogP contribution in [0.4, 0.5) is 0 Å². The van der Waals surface area contributed by atoms with Crippen LogP contribution in [0.2, 0.25) is 0 Å². The molecule has 0 saturated carbocycles. The van der Waals surface area contributed by atoms with Crippen molar-refractivity contribution in [1.29, 1.82) is 0 Å². The molecule has 44 heavy (non-hydrogen) atoms. The number of allylic oxidation sites excluding steroid dienone is 1. The van der Waals surface area contributed by atoms with Crippen LogP contribution in [0.15, 0.2) is 111 Å². The predicted octanol–water partition coefficient (Wildman–Crippen LogP) is 12.3. The van der Waals surface area contributed by atoms with Gasteiger partial charge in [0.05, 0.1) is 5.41 Å². The summed E-state index contributed by atoms with van der Waals surface area (Å²) in [4.78, 5) is 0. The molecule has 212 valence electrons. The van der Waals surface area contributed by atoms with Gasteiger partial charge in [0.1, 0.15) is 11.3 Å². The van der Waals surface area contributed by atoms with Gasteiger partial charge >= 0.3 is 0 Å². The summed E-state index contributed by atoms with van der Waals surface area (Å²) in [6, 6.07) is 31.6. The van der Waals surface area contributed by atoms with E-state index in [2.05, 4.69) is 149 Å². The van der Waals surface area contributed by atoms with E-state index in [1.807, 2.05) is 13.0 Å². The van der Waals surface area contributed by atoms with Crippen molar-refractivity contribution < 1.29 is 4.42 Å². The standard InChI is InChI=1S/C41H28Br2O/c1-5-13-25-33(6-2)44-39-34(25)31(42)20-30-37(39)36-29(21-32(43)38-35(36)24-16-9-10-17-26(24)40(38,3)4)41(30)27-18-11-7-14-22(27)23-15-8-12-19-28(23)41/h5-21H,2H2,1,3-4H3/b13-5-. The molecule has 3 heteroatoms. The van der Waals surface area contributed by atoms with Crippen LogP contribution in [0, 0.1) is 0 Å². The van der Waals surface area contributed by atoms with Crippen molar-refractivity contribution in [3.63, 3.8) is 0 Å². The van der Waals surface area contributed by atoms with Gasteiger partial charge < -0.3 is 4.42 Å². The van der Waals surface area contributed by atoms with E-state index >= 15 is 0 Å². The second-order valence-corrected chi connectivity index (χ2v) is 14.3. The lowest BCUT2D eigenvalue weighted by atomic mass is 9.70. The van der Waals surface area contributed by atoms with E-state index < -0.39 is 5.41 Å². The monoisotopic (exact) mass is 694 g/mol. The van der Waals surface area contributed by atoms with Gasteiger partial charge in [0.15, 0.2) is 0 Å². The van der Waals surface area contributed by atoms with E-state index in [1.165, 1.54) is 66.8 Å². The number of benzene rings is 5. The van der Waals surface area contributed by atoms with E-state index in [9.17, 15) is 0 Å². The van der Waals surface area contributed by atoms with E-state index in [4.69, 9.17) is 4.42 Å². The molecule has 5 aromatic carbocycles. The molecule has 3 aliphatic rings. The minimum absolute atomic E-state index is 0.165. The van der Waals surface area contributed by atoms with E-state index in [0.717, 1.165) is 31.2 Å². The second kappa shape index (κ2) is 8.84. The molecule has 6 aromatic rings. The van der Waals surface area contributed by atoms with Crippen molar-refractivity contribution in [2.24, 2.45) is 0 Å². The van der Waals surface area contributed by atoms with E-state index in [0.29, 0.717) is 0 Å². The third-order valence-corrected chi connectivity index (χ3v) is 11.5. The van der Waals surface area contributed by atoms with Gasteiger partial charge in [-0.3, -0.25) is 0 Å². The van der Waals surface area contributed by atoms with E-state index in [1.54, 1.807) is 0 Å². The highest BCUT2D eigenvalue weighted by Crippen LogP contribution is 2.68. The first-order chi connectivity index (χ1) is 21.3. The summed E-state index contributed by atoms with van der Waals surface area (Å²) >= 11 is 8.20. The smallest absolute Gasteiger partial charge is 0.144 e. The van der Waals surface area contributed by atoms with Crippen LogP contribution in [-0.4, -0.2) is 0 Å². The molecule has 1 heterocycles. The fraction of sp³-hybridized carbons (Fsp3) is 0.122. The Morgan fingerprint density at radius 1 is 0.682 bits per heavy atom. The Hall–Kier alpha value is -3.92. The van der Waals surface area contributed by atoms with Crippen molar-refractivity contribution in [1.82, 2.24) is 0 Å². The summed E-state index contributed by atoms with van der Waals surface area (Å²) in [5.41, 5.74) is 16.8. The topological polar surface area (TPSA) is 13.1 Å². The van der Waals surface area contributed by atoms with Crippen LogP contribution in [-0.2, 0) is 10.8 Å². The molecule has 1 spiro atoms. The molecular formula is C41H28Br2O. The lowest BCUT2D eigenvalue weighted by Gasteiger charge is -2.31. The summed E-state index contributed by atoms with van der Waals surface area (Å²) in [7, 11) is 0. The average molecular weight is 696 g/mol. The minimum Gasteiger partial charge on any atom is -0.455 e. The van der Waals surface area contributed by atoms with Gasteiger partial charge in [-0.1, -0.05) is 137 Å². The van der Waals surface area contributed by atoms with Gasteiger partial charge in [-0.15, -0.1) is 0 Å². The summed E-state index contributed by atoms with van der Waals surface area (Å²) in [6.07, 6.45) is 6.05. The summed E-state index contributed by atoms with van der Waals surface area (Å²) in [5.74, 6) is 0.788. The van der Waals surface area contributed by atoms with Gasteiger partial charge in [0.25, 0.3) is 0 Å². The number of halogens is 2. The number of hydrogen-bond acceptors (Lipinski definition) is 1. The molecule has 3 aliphatic carbocycles. The van der Waals surface area contributed by atoms with Crippen molar-refractivity contribution in [2.75, 3.05) is 0 Å². The number of rotatable bonds is 2. The maximum atomic E-state index is 6.88. The minimum atomic E-state index is -0.504. The van der Waals surface area contributed by atoms with Gasteiger partial charge in [-0.05, 0) is 86.3 Å². The van der Waals surface area contributed by atoms with Crippen LogP contribution >= 0.6 is 31.9 Å². The molecule has 0 saturated heterocycles. The Labute approximate surface area is 274 Å². The lowest BCUT2D eigenvalue weighted by Crippen LogP contribution is -2.26. The third-order valence-electron chi connectivity index (χ3n) is 10.3. The first-order valence-electron chi connectivity index (χ1n) is 15.1. The Morgan fingerprint density at radius 3 is 1.89 bits per heavy atom. The molecule has 0 aliphatic heterocycles. The zero-order valence-electron chi connectivity index (χ0n) is 24.7. The van der Waals surface area contributed by atoms with Crippen molar-refractivity contribution in [2.45, 2.75) is 31.6 Å². The molecule has 9 rings (SSSR count). The first kappa shape index (κ1) is 26.5. The molecule has 0 radical (unpaired) electrons.